The van der Waals surface area contributed by atoms with Crippen molar-refractivity contribution in [2.45, 2.75) is 32.6 Å². The van der Waals surface area contributed by atoms with Gasteiger partial charge in [-0.3, -0.25) is 4.79 Å². The minimum Gasteiger partial charge on any atom is -0.426 e. The molecule has 0 radical (unpaired) electrons. The predicted molar refractivity (Wildman–Crippen MR) is 89.8 cm³/mol. The first-order valence-corrected chi connectivity index (χ1v) is 8.20. The van der Waals surface area contributed by atoms with Crippen LogP contribution in [-0.4, -0.2) is 5.97 Å². The lowest BCUT2D eigenvalue weighted by Gasteiger charge is -2.25. The van der Waals surface area contributed by atoms with Crippen LogP contribution in [0.15, 0.2) is 48.6 Å². The van der Waals surface area contributed by atoms with E-state index in [0.29, 0.717) is 17.1 Å². The van der Waals surface area contributed by atoms with Gasteiger partial charge in [-0.2, -0.15) is 0 Å². The molecule has 0 N–H and O–H groups in total. The first kappa shape index (κ1) is 15.7. The maximum Gasteiger partial charge on any atom is 0.314 e. The van der Waals surface area contributed by atoms with Gasteiger partial charge in [0.15, 0.2) is 0 Å². The summed E-state index contributed by atoms with van der Waals surface area (Å²) in [6.45, 7) is 2.03. The molecule has 0 aromatic heterocycles. The summed E-state index contributed by atoms with van der Waals surface area (Å²) < 4.78 is 19.2. The summed E-state index contributed by atoms with van der Waals surface area (Å²) >= 11 is 0. The van der Waals surface area contributed by atoms with Crippen LogP contribution in [0.1, 0.15) is 32.6 Å². The van der Waals surface area contributed by atoms with E-state index in [2.05, 4.69) is 12.2 Å². The van der Waals surface area contributed by atoms with Crippen molar-refractivity contribution in [3.63, 3.8) is 0 Å². The molecule has 0 amide bonds. The first-order chi connectivity index (χ1) is 11.2. The van der Waals surface area contributed by atoms with E-state index < -0.39 is 0 Å². The Labute approximate surface area is 136 Å². The molecule has 0 spiro atoms. The zero-order valence-electron chi connectivity index (χ0n) is 13.3. The number of carbonyl (C=O) groups is 1. The normalized spacial score (nSPS) is 21.7. The number of rotatable bonds is 3. The Bertz CT molecular complexity index is 727. The summed E-state index contributed by atoms with van der Waals surface area (Å²) in [4.78, 5) is 12.3. The molecular weight excluding hydrogens is 291 g/mol. The smallest absolute Gasteiger partial charge is 0.314 e. The van der Waals surface area contributed by atoms with Gasteiger partial charge in [0.05, 0.1) is 5.92 Å². The zero-order valence-corrected chi connectivity index (χ0v) is 13.3. The van der Waals surface area contributed by atoms with Crippen LogP contribution < -0.4 is 4.74 Å². The first-order valence-electron chi connectivity index (χ1n) is 8.20. The maximum absolute atomic E-state index is 13.7. The van der Waals surface area contributed by atoms with Gasteiger partial charge in [0.25, 0.3) is 0 Å². The molecule has 0 bridgehead atoms. The van der Waals surface area contributed by atoms with E-state index in [9.17, 15) is 9.18 Å². The van der Waals surface area contributed by atoms with Crippen LogP contribution in [0.2, 0.25) is 0 Å². The van der Waals surface area contributed by atoms with Crippen molar-refractivity contribution in [3.05, 3.63) is 54.4 Å². The predicted octanol–water partition coefficient (Wildman–Crippen LogP) is 5.27. The summed E-state index contributed by atoms with van der Waals surface area (Å²) in [5.41, 5.74) is 0. The third kappa shape index (κ3) is 3.61. The molecule has 2 aromatic rings. The molecule has 1 saturated carbocycles. The molecule has 0 atom stereocenters. The van der Waals surface area contributed by atoms with E-state index in [0.717, 1.165) is 31.1 Å². The molecule has 120 valence electrons. The van der Waals surface area contributed by atoms with Crippen molar-refractivity contribution in [2.24, 2.45) is 11.8 Å². The van der Waals surface area contributed by atoms with E-state index in [4.69, 9.17) is 4.74 Å². The Hall–Kier alpha value is -2.16. The quantitative estimate of drug-likeness (QED) is 0.438. The van der Waals surface area contributed by atoms with E-state index >= 15 is 0 Å². The van der Waals surface area contributed by atoms with E-state index in [-0.39, 0.29) is 17.7 Å². The monoisotopic (exact) mass is 312 g/mol. The molecule has 3 rings (SSSR count). The Kier molecular flexibility index (Phi) is 4.75. The molecule has 1 aliphatic rings. The van der Waals surface area contributed by atoms with Gasteiger partial charge < -0.3 is 4.74 Å². The van der Waals surface area contributed by atoms with Crippen LogP contribution >= 0.6 is 0 Å². The van der Waals surface area contributed by atoms with Gasteiger partial charge in [0, 0.05) is 5.39 Å². The van der Waals surface area contributed by atoms with Crippen LogP contribution in [0.4, 0.5) is 4.39 Å². The number of carbonyl (C=O) groups excluding carboxylic acids is 1. The van der Waals surface area contributed by atoms with Gasteiger partial charge in [0.2, 0.25) is 0 Å². The molecule has 2 nitrogen and oxygen atoms in total. The van der Waals surface area contributed by atoms with Crippen molar-refractivity contribution in [2.75, 3.05) is 0 Å². The number of fused-ring (bicyclic) bond motifs is 1. The Morgan fingerprint density at radius 3 is 2.70 bits per heavy atom. The van der Waals surface area contributed by atoms with Crippen LogP contribution in [0.5, 0.6) is 5.75 Å². The van der Waals surface area contributed by atoms with Crippen molar-refractivity contribution in [3.8, 4) is 5.75 Å². The minimum atomic E-state index is -0.261. The Morgan fingerprint density at radius 2 is 1.96 bits per heavy atom. The highest BCUT2D eigenvalue weighted by Gasteiger charge is 2.26. The SMILES string of the molecule is C/C=C/C1CCC(C(=O)Oc2ccc3c(F)cccc3c2)CC1. The zero-order chi connectivity index (χ0) is 16.2. The molecule has 1 fully saturated rings. The number of esters is 1. The molecule has 0 unspecified atom stereocenters. The average Bonchev–Trinajstić information content (AvgIpc) is 2.56. The second-order valence-corrected chi connectivity index (χ2v) is 6.18. The summed E-state index contributed by atoms with van der Waals surface area (Å²) in [6.07, 6.45) is 8.11. The molecule has 0 saturated heterocycles. The van der Waals surface area contributed by atoms with Crippen LogP contribution in [0, 0.1) is 17.7 Å². The fourth-order valence-electron chi connectivity index (χ4n) is 3.30. The fourth-order valence-corrected chi connectivity index (χ4v) is 3.30. The molecule has 3 heteroatoms. The topological polar surface area (TPSA) is 26.3 Å². The maximum atomic E-state index is 13.7. The lowest BCUT2D eigenvalue weighted by molar-refractivity contribution is -0.140. The third-order valence-electron chi connectivity index (χ3n) is 4.59. The molecule has 2 aromatic carbocycles. The fraction of sp³-hybridized carbons (Fsp3) is 0.350. The van der Waals surface area contributed by atoms with Gasteiger partial charge in [-0.05, 0) is 68.2 Å². The van der Waals surface area contributed by atoms with E-state index in [1.165, 1.54) is 6.07 Å². The number of ether oxygens (including phenoxy) is 1. The van der Waals surface area contributed by atoms with E-state index in [1.807, 2.05) is 13.0 Å². The lowest BCUT2D eigenvalue weighted by atomic mass is 9.82. The highest BCUT2D eigenvalue weighted by atomic mass is 19.1. The van der Waals surface area contributed by atoms with Gasteiger partial charge in [-0.1, -0.05) is 24.3 Å². The van der Waals surface area contributed by atoms with Crippen LogP contribution in [0.25, 0.3) is 10.8 Å². The number of benzene rings is 2. The molecule has 0 heterocycles. The summed E-state index contributed by atoms with van der Waals surface area (Å²) in [7, 11) is 0. The highest BCUT2D eigenvalue weighted by molar-refractivity contribution is 5.85. The number of hydrogen-bond donors (Lipinski definition) is 0. The van der Waals surface area contributed by atoms with Gasteiger partial charge >= 0.3 is 5.97 Å². The Morgan fingerprint density at radius 1 is 1.17 bits per heavy atom. The second-order valence-electron chi connectivity index (χ2n) is 6.18. The van der Waals surface area contributed by atoms with Crippen LogP contribution in [0.3, 0.4) is 0 Å². The van der Waals surface area contributed by atoms with Gasteiger partial charge in [-0.25, -0.2) is 4.39 Å². The minimum absolute atomic E-state index is 0.0280. The second kappa shape index (κ2) is 6.95. The van der Waals surface area contributed by atoms with Gasteiger partial charge in [-0.15, -0.1) is 0 Å². The summed E-state index contributed by atoms with van der Waals surface area (Å²) in [5, 5.41) is 1.28. The molecule has 1 aliphatic carbocycles. The van der Waals surface area contributed by atoms with Crippen molar-refractivity contribution in [1.29, 1.82) is 0 Å². The summed E-state index contributed by atoms with van der Waals surface area (Å²) in [5.74, 6) is 0.624. The van der Waals surface area contributed by atoms with Crippen molar-refractivity contribution < 1.29 is 13.9 Å². The average molecular weight is 312 g/mol. The number of allylic oxidation sites excluding steroid dienone is 2. The standard InChI is InChI=1S/C20H21FO2/c1-2-4-14-7-9-15(10-8-14)20(22)23-17-11-12-18-16(13-17)5-3-6-19(18)21/h2-6,11-15H,7-10H2,1H3/b4-2+. The van der Waals surface area contributed by atoms with Crippen molar-refractivity contribution >= 4 is 16.7 Å². The van der Waals surface area contributed by atoms with E-state index in [1.54, 1.807) is 24.3 Å². The highest BCUT2D eigenvalue weighted by Crippen LogP contribution is 2.31. The van der Waals surface area contributed by atoms with Crippen molar-refractivity contribution in [1.82, 2.24) is 0 Å². The third-order valence-corrected chi connectivity index (χ3v) is 4.59. The molecule has 0 aliphatic heterocycles. The van der Waals surface area contributed by atoms with Gasteiger partial charge in [0.1, 0.15) is 11.6 Å². The summed E-state index contributed by atoms with van der Waals surface area (Å²) in [6, 6.07) is 9.95. The Balaban J connectivity index is 1.66. The largest absolute Gasteiger partial charge is 0.426 e. The molecular formula is C20H21FO2. The number of hydrogen-bond acceptors (Lipinski definition) is 2. The molecule has 23 heavy (non-hydrogen) atoms. The lowest BCUT2D eigenvalue weighted by Crippen LogP contribution is -2.25. The number of halogens is 1. The van der Waals surface area contributed by atoms with Crippen LogP contribution in [-0.2, 0) is 4.79 Å².